The van der Waals surface area contributed by atoms with E-state index in [-0.39, 0.29) is 5.41 Å². The second-order valence-electron chi connectivity index (χ2n) is 7.77. The molecule has 0 spiro atoms. The minimum absolute atomic E-state index is 0.186. The van der Waals surface area contributed by atoms with Crippen LogP contribution < -0.4 is 0 Å². The Kier molecular flexibility index (Phi) is 4.95. The molecule has 25 heavy (non-hydrogen) atoms. The highest BCUT2D eigenvalue weighted by atomic mass is 32.2. The van der Waals surface area contributed by atoms with Gasteiger partial charge in [-0.25, -0.2) is 9.97 Å². The summed E-state index contributed by atoms with van der Waals surface area (Å²) in [6, 6.07) is 4.69. The molecular formula is C21H26N2S2. The Hall–Kier alpha value is -1.39. The molecule has 0 aliphatic heterocycles. The lowest BCUT2D eigenvalue weighted by Crippen LogP contribution is -2.12. The first-order chi connectivity index (χ1) is 11.7. The summed E-state index contributed by atoms with van der Waals surface area (Å²) in [5.74, 6) is 0.947. The molecule has 2 aromatic heterocycles. The van der Waals surface area contributed by atoms with Gasteiger partial charge in [0.2, 0.25) is 0 Å². The topological polar surface area (TPSA) is 25.8 Å². The number of hydrogen-bond donors (Lipinski definition) is 0. The van der Waals surface area contributed by atoms with Gasteiger partial charge in [0.1, 0.15) is 16.2 Å². The van der Waals surface area contributed by atoms with Crippen molar-refractivity contribution >= 4 is 33.3 Å². The van der Waals surface area contributed by atoms with Gasteiger partial charge in [0.05, 0.1) is 0 Å². The predicted molar refractivity (Wildman–Crippen MR) is 111 cm³/mol. The lowest BCUT2D eigenvalue weighted by atomic mass is 9.84. The van der Waals surface area contributed by atoms with E-state index in [4.69, 9.17) is 0 Å². The summed E-state index contributed by atoms with van der Waals surface area (Å²) in [6.07, 6.45) is 1.70. The summed E-state index contributed by atoms with van der Waals surface area (Å²) in [6.45, 7) is 15.6. The van der Waals surface area contributed by atoms with Crippen LogP contribution in [0.3, 0.4) is 0 Å². The minimum atomic E-state index is 0.186. The third-order valence-corrected chi connectivity index (χ3v) is 6.98. The SMILES string of the molecule is Cc1cc(C(C)(C)C)cc(C)c1CSc1ncnc2sc(C)c(C)c12. The average molecular weight is 371 g/mol. The second-order valence-corrected chi connectivity index (χ2v) is 9.94. The van der Waals surface area contributed by atoms with E-state index in [0.29, 0.717) is 0 Å². The fraction of sp³-hybridized carbons (Fsp3) is 0.429. The van der Waals surface area contributed by atoms with Crippen molar-refractivity contribution in [2.24, 2.45) is 0 Å². The van der Waals surface area contributed by atoms with Crippen molar-refractivity contribution in [1.82, 2.24) is 9.97 Å². The van der Waals surface area contributed by atoms with E-state index in [1.165, 1.54) is 38.1 Å². The Bertz CT molecular complexity index is 910. The molecule has 0 saturated carbocycles. The van der Waals surface area contributed by atoms with Crippen LogP contribution in [0.2, 0.25) is 0 Å². The Morgan fingerprint density at radius 1 is 1.00 bits per heavy atom. The van der Waals surface area contributed by atoms with E-state index in [9.17, 15) is 0 Å². The highest BCUT2D eigenvalue weighted by molar-refractivity contribution is 7.98. The third kappa shape index (κ3) is 3.61. The number of nitrogens with zero attached hydrogens (tertiary/aromatic N) is 2. The molecule has 4 heteroatoms. The van der Waals surface area contributed by atoms with Crippen molar-refractivity contribution in [3.8, 4) is 0 Å². The molecule has 3 rings (SSSR count). The van der Waals surface area contributed by atoms with Gasteiger partial charge in [-0.15, -0.1) is 23.1 Å². The van der Waals surface area contributed by atoms with Crippen LogP contribution >= 0.6 is 23.1 Å². The van der Waals surface area contributed by atoms with E-state index in [1.54, 1.807) is 17.7 Å². The summed E-state index contributed by atoms with van der Waals surface area (Å²) >= 11 is 3.59. The normalized spacial score (nSPS) is 12.1. The first-order valence-corrected chi connectivity index (χ1v) is 10.4. The van der Waals surface area contributed by atoms with Gasteiger partial charge in [0.15, 0.2) is 0 Å². The molecule has 3 aromatic rings. The van der Waals surface area contributed by atoms with Crippen LogP contribution in [-0.2, 0) is 11.2 Å². The molecule has 0 fully saturated rings. The van der Waals surface area contributed by atoms with Gasteiger partial charge in [0.25, 0.3) is 0 Å². The van der Waals surface area contributed by atoms with E-state index in [1.807, 2.05) is 11.8 Å². The zero-order valence-corrected chi connectivity index (χ0v) is 17.8. The average Bonchev–Trinajstić information content (AvgIpc) is 2.81. The zero-order chi connectivity index (χ0) is 18.4. The van der Waals surface area contributed by atoms with Gasteiger partial charge in [-0.2, -0.15) is 0 Å². The van der Waals surface area contributed by atoms with Crippen LogP contribution in [0.1, 0.15) is 53.5 Å². The molecule has 0 saturated heterocycles. The maximum Gasteiger partial charge on any atom is 0.128 e. The quantitative estimate of drug-likeness (QED) is 0.388. The van der Waals surface area contributed by atoms with Crippen LogP contribution in [0.4, 0.5) is 0 Å². The number of rotatable bonds is 3. The highest BCUT2D eigenvalue weighted by Crippen LogP contribution is 2.37. The molecule has 1 aromatic carbocycles. The molecule has 0 unspecified atom stereocenters. The summed E-state index contributed by atoms with van der Waals surface area (Å²) < 4.78 is 0. The molecule has 0 bridgehead atoms. The molecule has 2 nitrogen and oxygen atoms in total. The largest absolute Gasteiger partial charge is 0.229 e. The number of aryl methyl sites for hydroxylation is 4. The molecule has 0 amide bonds. The molecule has 0 aliphatic carbocycles. The molecular weight excluding hydrogens is 344 g/mol. The Balaban J connectivity index is 1.93. The Labute approximate surface area is 159 Å². The summed E-state index contributed by atoms with van der Waals surface area (Å²) in [7, 11) is 0. The maximum atomic E-state index is 4.57. The Morgan fingerprint density at radius 2 is 1.64 bits per heavy atom. The van der Waals surface area contributed by atoms with Crippen molar-refractivity contribution in [3.05, 3.63) is 51.2 Å². The van der Waals surface area contributed by atoms with Crippen LogP contribution in [-0.4, -0.2) is 9.97 Å². The number of aromatic nitrogens is 2. The first-order valence-electron chi connectivity index (χ1n) is 8.62. The monoisotopic (exact) mass is 370 g/mol. The highest BCUT2D eigenvalue weighted by Gasteiger charge is 2.17. The van der Waals surface area contributed by atoms with Gasteiger partial charge in [0, 0.05) is 16.0 Å². The summed E-state index contributed by atoms with van der Waals surface area (Å²) in [5.41, 5.74) is 7.09. The minimum Gasteiger partial charge on any atom is -0.229 e. The zero-order valence-electron chi connectivity index (χ0n) is 16.2. The number of thioether (sulfide) groups is 1. The second kappa shape index (κ2) is 6.73. The van der Waals surface area contributed by atoms with E-state index < -0.39 is 0 Å². The van der Waals surface area contributed by atoms with Gasteiger partial charge < -0.3 is 0 Å². The van der Waals surface area contributed by atoms with Crippen molar-refractivity contribution < 1.29 is 0 Å². The predicted octanol–water partition coefficient (Wildman–Crippen LogP) is 6.51. The van der Waals surface area contributed by atoms with E-state index in [2.05, 4.69) is 70.6 Å². The van der Waals surface area contributed by atoms with Gasteiger partial charge in [-0.3, -0.25) is 0 Å². The number of fused-ring (bicyclic) bond motifs is 1. The van der Waals surface area contributed by atoms with Gasteiger partial charge in [-0.05, 0) is 60.9 Å². The van der Waals surface area contributed by atoms with Gasteiger partial charge in [-0.1, -0.05) is 32.9 Å². The van der Waals surface area contributed by atoms with Crippen molar-refractivity contribution in [2.45, 2.75) is 64.7 Å². The molecule has 0 atom stereocenters. The number of thiophene rings is 1. The molecule has 0 N–H and O–H groups in total. The molecule has 0 radical (unpaired) electrons. The fourth-order valence-corrected chi connectivity index (χ4v) is 5.37. The van der Waals surface area contributed by atoms with Crippen molar-refractivity contribution in [3.63, 3.8) is 0 Å². The molecule has 0 aliphatic rings. The lowest BCUT2D eigenvalue weighted by molar-refractivity contribution is 0.589. The van der Waals surface area contributed by atoms with E-state index in [0.717, 1.165) is 15.6 Å². The number of hydrogen-bond acceptors (Lipinski definition) is 4. The number of benzene rings is 1. The molecule has 132 valence electrons. The summed E-state index contributed by atoms with van der Waals surface area (Å²) in [4.78, 5) is 11.5. The lowest BCUT2D eigenvalue weighted by Gasteiger charge is -2.22. The standard InChI is InChI=1S/C21H26N2S2/c1-12-8-16(21(5,6)7)9-13(2)17(12)10-24-19-18-14(3)15(4)25-20(18)23-11-22-19/h8-9,11H,10H2,1-7H3. The first kappa shape index (κ1) is 18.4. The summed E-state index contributed by atoms with van der Waals surface area (Å²) in [5, 5.41) is 2.34. The molecule has 2 heterocycles. The van der Waals surface area contributed by atoms with Gasteiger partial charge >= 0.3 is 0 Å². The Morgan fingerprint density at radius 3 is 2.24 bits per heavy atom. The maximum absolute atomic E-state index is 4.57. The van der Waals surface area contributed by atoms with Crippen LogP contribution in [0, 0.1) is 27.7 Å². The van der Waals surface area contributed by atoms with E-state index >= 15 is 0 Å². The third-order valence-electron chi connectivity index (χ3n) is 4.85. The van der Waals surface area contributed by atoms with Crippen LogP contribution in [0.5, 0.6) is 0 Å². The van der Waals surface area contributed by atoms with Crippen molar-refractivity contribution in [2.75, 3.05) is 0 Å². The van der Waals surface area contributed by atoms with Crippen LogP contribution in [0.15, 0.2) is 23.5 Å². The fourth-order valence-electron chi connectivity index (χ4n) is 3.05. The van der Waals surface area contributed by atoms with Crippen LogP contribution in [0.25, 0.3) is 10.2 Å². The smallest absolute Gasteiger partial charge is 0.128 e. The van der Waals surface area contributed by atoms with Crippen molar-refractivity contribution in [1.29, 1.82) is 0 Å².